The van der Waals surface area contributed by atoms with Gasteiger partial charge in [0.15, 0.2) is 5.82 Å². The highest BCUT2D eigenvalue weighted by molar-refractivity contribution is 6.01. The summed E-state index contributed by atoms with van der Waals surface area (Å²) >= 11 is 0. The van der Waals surface area contributed by atoms with E-state index in [2.05, 4.69) is 9.88 Å². The average Bonchev–Trinajstić information content (AvgIpc) is 3.56. The van der Waals surface area contributed by atoms with E-state index in [1.165, 1.54) is 12.1 Å². The van der Waals surface area contributed by atoms with Crippen molar-refractivity contribution in [3.63, 3.8) is 0 Å². The van der Waals surface area contributed by atoms with Crippen LogP contribution in [0, 0.1) is 23.0 Å². The predicted molar refractivity (Wildman–Crippen MR) is 193 cm³/mol. The number of rotatable bonds is 8. The molecule has 2 aromatic heterocycles. The molecule has 4 aliphatic rings. The molecule has 3 atom stereocenters. The van der Waals surface area contributed by atoms with Gasteiger partial charge in [0.25, 0.3) is 0 Å². The first-order valence-corrected chi connectivity index (χ1v) is 18.9. The number of fused-ring (bicyclic) bond motifs is 3. The summed E-state index contributed by atoms with van der Waals surface area (Å²) in [5, 5.41) is 23.2. The first-order chi connectivity index (χ1) is 24.6. The zero-order valence-corrected chi connectivity index (χ0v) is 29.8. The molecule has 5 heterocycles. The number of aromatic nitrogens is 3. The second-order valence-corrected chi connectivity index (χ2v) is 15.7. The van der Waals surface area contributed by atoms with E-state index in [9.17, 15) is 10.2 Å². The summed E-state index contributed by atoms with van der Waals surface area (Å²) in [6.45, 7) is 8.94. The number of β-amino-alcohol motifs (C(OH)–C–C–N with tert-alkyl or cyclic N) is 1. The number of hydrogen-bond acceptors (Lipinski definition) is 9. The summed E-state index contributed by atoms with van der Waals surface area (Å²) in [4.78, 5) is 18.9. The molecule has 51 heavy (non-hydrogen) atoms. The van der Waals surface area contributed by atoms with Crippen LogP contribution in [0.2, 0.25) is 0 Å². The van der Waals surface area contributed by atoms with Crippen molar-refractivity contribution in [2.24, 2.45) is 11.3 Å². The molecule has 8 rings (SSSR count). The van der Waals surface area contributed by atoms with E-state index in [4.69, 9.17) is 19.4 Å². The summed E-state index contributed by atoms with van der Waals surface area (Å²) in [7, 11) is 0. The molecule has 0 radical (unpaired) electrons. The van der Waals surface area contributed by atoms with Gasteiger partial charge in [0.1, 0.15) is 28.6 Å². The Kier molecular flexibility index (Phi) is 9.25. The van der Waals surface area contributed by atoms with Gasteiger partial charge in [-0.25, -0.2) is 8.78 Å². The SMILES string of the molecule is CCc1c(F)ccc2cc(O)cc(-c3ncc4c(N5CCCC(C)(O)C5)nc(OCC56CCCC5N(CC5CCOCC5)CCC6)nc4c3F)c12. The molecular weight excluding hydrogens is 652 g/mol. The average molecular weight is 702 g/mol. The van der Waals surface area contributed by atoms with E-state index in [0.29, 0.717) is 77.6 Å². The van der Waals surface area contributed by atoms with Crippen molar-refractivity contribution < 1.29 is 28.5 Å². The monoisotopic (exact) mass is 701 g/mol. The van der Waals surface area contributed by atoms with Crippen LogP contribution in [0.3, 0.4) is 0 Å². The van der Waals surface area contributed by atoms with Crippen LogP contribution in [0.1, 0.15) is 77.2 Å². The number of anilines is 1. The summed E-state index contributed by atoms with van der Waals surface area (Å²) in [6.07, 6.45) is 11.1. The normalized spacial score (nSPS) is 26.2. The van der Waals surface area contributed by atoms with Crippen LogP contribution in [0.5, 0.6) is 11.8 Å². The van der Waals surface area contributed by atoms with Gasteiger partial charge in [-0.15, -0.1) is 0 Å². The van der Waals surface area contributed by atoms with Gasteiger partial charge in [-0.05, 0) is 112 Å². The van der Waals surface area contributed by atoms with Crippen molar-refractivity contribution in [1.29, 1.82) is 0 Å². The maximum atomic E-state index is 17.0. The molecule has 3 aliphatic heterocycles. The Balaban J connectivity index is 1.19. The molecule has 272 valence electrons. The lowest BCUT2D eigenvalue weighted by atomic mass is 9.75. The Morgan fingerprint density at radius 1 is 1.02 bits per heavy atom. The summed E-state index contributed by atoms with van der Waals surface area (Å²) in [5.74, 6) is -0.0312. The summed E-state index contributed by atoms with van der Waals surface area (Å²) < 4.78 is 44.3. The fraction of sp³-hybridized carbons (Fsp3) is 0.575. The quantitative estimate of drug-likeness (QED) is 0.198. The number of halogens is 2. The second-order valence-electron chi connectivity index (χ2n) is 15.7. The molecule has 0 bridgehead atoms. The zero-order valence-electron chi connectivity index (χ0n) is 29.8. The number of benzene rings is 2. The molecule has 11 heteroatoms. The third kappa shape index (κ3) is 6.50. The fourth-order valence-corrected chi connectivity index (χ4v) is 9.65. The van der Waals surface area contributed by atoms with Gasteiger partial charge in [-0.1, -0.05) is 19.4 Å². The van der Waals surface area contributed by atoms with E-state index < -0.39 is 17.2 Å². The lowest BCUT2D eigenvalue weighted by molar-refractivity contribution is -0.0203. The van der Waals surface area contributed by atoms with Crippen LogP contribution >= 0.6 is 0 Å². The first-order valence-electron chi connectivity index (χ1n) is 18.9. The first kappa shape index (κ1) is 34.4. The van der Waals surface area contributed by atoms with Crippen molar-refractivity contribution >= 4 is 27.5 Å². The number of aromatic hydroxyl groups is 1. The highest BCUT2D eigenvalue weighted by Gasteiger charge is 2.49. The molecule has 1 saturated carbocycles. The molecule has 0 amide bonds. The topological polar surface area (TPSA) is 104 Å². The molecule has 1 aliphatic carbocycles. The van der Waals surface area contributed by atoms with Crippen LogP contribution in [0.25, 0.3) is 32.9 Å². The number of aliphatic hydroxyl groups is 1. The minimum atomic E-state index is -0.935. The van der Waals surface area contributed by atoms with Crippen LogP contribution in [0.4, 0.5) is 14.6 Å². The van der Waals surface area contributed by atoms with Crippen LogP contribution in [-0.4, -0.2) is 87.7 Å². The molecule has 9 nitrogen and oxygen atoms in total. The molecule has 3 unspecified atom stereocenters. The van der Waals surface area contributed by atoms with Crippen molar-refractivity contribution in [2.45, 2.75) is 89.7 Å². The predicted octanol–water partition coefficient (Wildman–Crippen LogP) is 7.18. The largest absolute Gasteiger partial charge is 0.508 e. The molecule has 2 N–H and O–H groups in total. The molecule has 2 aromatic carbocycles. The Morgan fingerprint density at radius 3 is 2.63 bits per heavy atom. The van der Waals surface area contributed by atoms with Gasteiger partial charge < -0.3 is 24.6 Å². The minimum absolute atomic E-state index is 0.0280. The molecule has 4 fully saturated rings. The lowest BCUT2D eigenvalue weighted by Gasteiger charge is -2.47. The number of nitrogens with zero attached hydrogens (tertiary/aromatic N) is 5. The van der Waals surface area contributed by atoms with Gasteiger partial charge >= 0.3 is 6.01 Å². The number of pyridine rings is 1. The number of ether oxygens (including phenoxy) is 2. The van der Waals surface area contributed by atoms with Crippen molar-refractivity contribution in [3.05, 3.63) is 47.7 Å². The van der Waals surface area contributed by atoms with E-state index in [1.807, 2.05) is 18.7 Å². The van der Waals surface area contributed by atoms with E-state index in [1.54, 1.807) is 18.3 Å². The highest BCUT2D eigenvalue weighted by Crippen LogP contribution is 2.48. The van der Waals surface area contributed by atoms with Crippen LogP contribution < -0.4 is 9.64 Å². The Labute approximate surface area is 298 Å². The highest BCUT2D eigenvalue weighted by atomic mass is 19.1. The Bertz CT molecular complexity index is 1930. The smallest absolute Gasteiger partial charge is 0.319 e. The number of phenols is 1. The fourth-order valence-electron chi connectivity index (χ4n) is 9.65. The standard InChI is InChI=1S/C40H49F2N5O4/c1-3-28-31(41)9-8-26-19-27(48)20-29(33(26)28)35-34(42)36-30(21-43-35)37(47-16-5-12-39(2,49)23-47)45-38(44-36)51-24-40-13-4-7-32(40)46(15-6-14-40)22-25-10-17-50-18-11-25/h8-9,19-21,25,32,48-49H,3-7,10-18,22-24H2,1-2H3. The van der Waals surface area contributed by atoms with Crippen LogP contribution in [-0.2, 0) is 11.2 Å². The van der Waals surface area contributed by atoms with Crippen molar-refractivity contribution in [2.75, 3.05) is 50.9 Å². The van der Waals surface area contributed by atoms with Gasteiger partial charge in [-0.3, -0.25) is 9.88 Å². The zero-order chi connectivity index (χ0) is 35.3. The third-order valence-corrected chi connectivity index (χ3v) is 12.1. The minimum Gasteiger partial charge on any atom is -0.508 e. The number of phenolic OH excluding ortho intramolecular Hbond substituents is 1. The van der Waals surface area contributed by atoms with Gasteiger partial charge in [0.2, 0.25) is 0 Å². The molecule has 0 spiro atoms. The van der Waals surface area contributed by atoms with Crippen LogP contribution in [0.15, 0.2) is 30.5 Å². The number of aryl methyl sites for hydroxylation is 1. The third-order valence-electron chi connectivity index (χ3n) is 12.1. The lowest BCUT2D eigenvalue weighted by Crippen LogP contribution is -2.53. The van der Waals surface area contributed by atoms with E-state index in [0.717, 1.165) is 77.7 Å². The summed E-state index contributed by atoms with van der Waals surface area (Å²) in [6, 6.07) is 6.47. The Morgan fingerprint density at radius 2 is 1.82 bits per heavy atom. The molecule has 3 saturated heterocycles. The second kappa shape index (κ2) is 13.7. The van der Waals surface area contributed by atoms with Gasteiger partial charge in [0, 0.05) is 56.1 Å². The van der Waals surface area contributed by atoms with Gasteiger partial charge in [0.05, 0.1) is 17.6 Å². The maximum Gasteiger partial charge on any atom is 0.319 e. The number of piperidine rings is 2. The molecule has 4 aromatic rings. The van der Waals surface area contributed by atoms with E-state index >= 15 is 8.78 Å². The number of hydrogen-bond donors (Lipinski definition) is 2. The van der Waals surface area contributed by atoms with E-state index in [-0.39, 0.29) is 28.4 Å². The summed E-state index contributed by atoms with van der Waals surface area (Å²) in [5.41, 5.74) is -0.230. The Hall–Kier alpha value is -3.67. The van der Waals surface area contributed by atoms with Gasteiger partial charge in [-0.2, -0.15) is 9.97 Å². The van der Waals surface area contributed by atoms with Crippen molar-refractivity contribution in [3.8, 4) is 23.0 Å². The molecular formula is C40H49F2N5O4. The maximum absolute atomic E-state index is 17.0. The number of likely N-dealkylation sites (tertiary alicyclic amines) is 1. The van der Waals surface area contributed by atoms with Crippen molar-refractivity contribution in [1.82, 2.24) is 19.9 Å².